The highest BCUT2D eigenvalue weighted by Crippen LogP contribution is 2.31. The van der Waals surface area contributed by atoms with Gasteiger partial charge in [-0.3, -0.25) is 0 Å². The lowest BCUT2D eigenvalue weighted by Gasteiger charge is -2.10. The van der Waals surface area contributed by atoms with Crippen LogP contribution in [0.4, 0.5) is 0 Å². The van der Waals surface area contributed by atoms with Gasteiger partial charge in [-0.05, 0) is 37.1 Å². The Hall–Kier alpha value is -2.13. The highest BCUT2D eigenvalue weighted by molar-refractivity contribution is 6.34. The van der Waals surface area contributed by atoms with E-state index in [2.05, 4.69) is 10.2 Å². The zero-order chi connectivity index (χ0) is 14.1. The van der Waals surface area contributed by atoms with Crippen LogP contribution >= 0.6 is 11.6 Å². The molecule has 3 rings (SSSR count). The number of hydrogen-bond donors (Lipinski definition) is 0. The Morgan fingerprint density at radius 2 is 1.70 bits per heavy atom. The number of hydrogen-bond acceptors (Lipinski definition) is 3. The quantitative estimate of drug-likeness (QED) is 0.684. The number of fused-ring (bicyclic) bond motifs is 1. The number of aryl methyl sites for hydroxylation is 2. The molecule has 1 heterocycles. The van der Waals surface area contributed by atoms with Gasteiger partial charge in [0.25, 0.3) is 0 Å². The molecule has 0 N–H and O–H groups in total. The number of aromatic nitrogens is 2. The molecular formula is C16H13ClN2O. The molecule has 3 nitrogen and oxygen atoms in total. The average Bonchev–Trinajstić information content (AvgIpc) is 2.46. The number of rotatable bonds is 2. The molecule has 4 heteroatoms. The Kier molecular flexibility index (Phi) is 3.28. The largest absolute Gasteiger partial charge is 0.437 e. The van der Waals surface area contributed by atoms with Crippen molar-refractivity contribution in [2.45, 2.75) is 13.8 Å². The van der Waals surface area contributed by atoms with Gasteiger partial charge in [-0.25, -0.2) is 0 Å². The zero-order valence-corrected chi connectivity index (χ0v) is 12.0. The third-order valence-electron chi connectivity index (χ3n) is 3.16. The maximum Gasteiger partial charge on any atom is 0.246 e. The molecule has 1 aromatic heterocycles. The van der Waals surface area contributed by atoms with Gasteiger partial charge in [0.2, 0.25) is 5.88 Å². The normalized spacial score (nSPS) is 10.8. The monoisotopic (exact) mass is 284 g/mol. The highest BCUT2D eigenvalue weighted by Gasteiger charge is 2.10. The standard InChI is InChI=1S/C16H13ClN2O/c1-10-7-8-11(2)14(9-10)20-16-13-6-4-3-5-12(13)15(17)18-19-16/h3-9H,1-2H3. The van der Waals surface area contributed by atoms with Crippen LogP contribution < -0.4 is 4.74 Å². The SMILES string of the molecule is Cc1ccc(C)c(Oc2nnc(Cl)c3ccccc23)c1. The summed E-state index contributed by atoms with van der Waals surface area (Å²) in [5, 5.41) is 10.1. The minimum atomic E-state index is 0.383. The smallest absolute Gasteiger partial charge is 0.246 e. The second kappa shape index (κ2) is 5.10. The van der Waals surface area contributed by atoms with Crippen molar-refractivity contribution in [1.29, 1.82) is 0 Å². The van der Waals surface area contributed by atoms with Gasteiger partial charge in [0.15, 0.2) is 5.15 Å². The maximum atomic E-state index is 6.06. The molecule has 0 aliphatic heterocycles. The molecule has 0 bridgehead atoms. The molecule has 0 fully saturated rings. The van der Waals surface area contributed by atoms with E-state index in [1.54, 1.807) is 0 Å². The molecule has 0 aliphatic carbocycles. The molecule has 0 spiro atoms. The summed E-state index contributed by atoms with van der Waals surface area (Å²) in [5.74, 6) is 1.26. The summed E-state index contributed by atoms with van der Waals surface area (Å²) in [6, 6.07) is 13.7. The van der Waals surface area contributed by atoms with E-state index in [9.17, 15) is 0 Å². The Labute approximate surface area is 122 Å². The molecule has 0 amide bonds. The van der Waals surface area contributed by atoms with E-state index < -0.39 is 0 Å². The van der Waals surface area contributed by atoms with E-state index in [0.29, 0.717) is 11.0 Å². The lowest BCUT2D eigenvalue weighted by atomic mass is 10.1. The fourth-order valence-corrected chi connectivity index (χ4v) is 2.25. The van der Waals surface area contributed by atoms with Crippen molar-refractivity contribution in [2.24, 2.45) is 0 Å². The summed E-state index contributed by atoms with van der Waals surface area (Å²) in [5.41, 5.74) is 2.19. The molecular weight excluding hydrogens is 272 g/mol. The van der Waals surface area contributed by atoms with Crippen molar-refractivity contribution in [1.82, 2.24) is 10.2 Å². The second-order valence-electron chi connectivity index (χ2n) is 4.71. The lowest BCUT2D eigenvalue weighted by molar-refractivity contribution is 0.458. The van der Waals surface area contributed by atoms with Gasteiger partial charge in [0, 0.05) is 10.8 Å². The van der Waals surface area contributed by atoms with Crippen LogP contribution in [0.25, 0.3) is 10.8 Å². The fraction of sp³-hybridized carbons (Fsp3) is 0.125. The van der Waals surface area contributed by atoms with Crippen LogP contribution in [0, 0.1) is 13.8 Å². The first kappa shape index (κ1) is 12.9. The van der Waals surface area contributed by atoms with Crippen LogP contribution in [-0.4, -0.2) is 10.2 Å². The van der Waals surface area contributed by atoms with Crippen LogP contribution in [0.2, 0.25) is 5.15 Å². The summed E-state index contributed by atoms with van der Waals surface area (Å²) < 4.78 is 5.93. The lowest BCUT2D eigenvalue weighted by Crippen LogP contribution is -1.95. The fourth-order valence-electron chi connectivity index (χ4n) is 2.04. The number of nitrogens with zero attached hydrogens (tertiary/aromatic N) is 2. The van der Waals surface area contributed by atoms with E-state index in [1.807, 2.05) is 56.3 Å². The molecule has 0 aliphatic rings. The molecule has 20 heavy (non-hydrogen) atoms. The molecule has 0 atom stereocenters. The molecule has 0 saturated heterocycles. The van der Waals surface area contributed by atoms with Crippen LogP contribution in [0.15, 0.2) is 42.5 Å². The second-order valence-corrected chi connectivity index (χ2v) is 5.07. The Morgan fingerprint density at radius 3 is 2.50 bits per heavy atom. The van der Waals surface area contributed by atoms with E-state index in [4.69, 9.17) is 16.3 Å². The van der Waals surface area contributed by atoms with Crippen molar-refractivity contribution in [3.05, 3.63) is 58.7 Å². The Bertz CT molecular complexity index is 787. The third kappa shape index (κ3) is 2.32. The first-order valence-corrected chi connectivity index (χ1v) is 6.69. The predicted molar refractivity (Wildman–Crippen MR) is 80.5 cm³/mol. The number of ether oxygens (including phenoxy) is 1. The Balaban J connectivity index is 2.11. The van der Waals surface area contributed by atoms with Crippen LogP contribution in [0.3, 0.4) is 0 Å². The van der Waals surface area contributed by atoms with Gasteiger partial charge in [-0.1, -0.05) is 41.9 Å². The van der Waals surface area contributed by atoms with Gasteiger partial charge in [-0.15, -0.1) is 10.2 Å². The minimum Gasteiger partial charge on any atom is -0.437 e. The van der Waals surface area contributed by atoms with Crippen molar-refractivity contribution >= 4 is 22.4 Å². The highest BCUT2D eigenvalue weighted by atomic mass is 35.5. The first-order valence-electron chi connectivity index (χ1n) is 6.31. The van der Waals surface area contributed by atoms with E-state index in [-0.39, 0.29) is 0 Å². The summed E-state index contributed by atoms with van der Waals surface area (Å²) in [4.78, 5) is 0. The van der Waals surface area contributed by atoms with Gasteiger partial charge in [0.1, 0.15) is 5.75 Å². The van der Waals surface area contributed by atoms with Gasteiger partial charge in [0.05, 0.1) is 0 Å². The van der Waals surface area contributed by atoms with Crippen molar-refractivity contribution in [3.8, 4) is 11.6 Å². The minimum absolute atomic E-state index is 0.383. The van der Waals surface area contributed by atoms with Gasteiger partial charge < -0.3 is 4.74 Å². The van der Waals surface area contributed by atoms with E-state index in [1.165, 1.54) is 0 Å². The summed E-state index contributed by atoms with van der Waals surface area (Å²) in [7, 11) is 0. The maximum absolute atomic E-state index is 6.06. The van der Waals surface area contributed by atoms with Crippen LogP contribution in [0.1, 0.15) is 11.1 Å². The average molecular weight is 285 g/mol. The molecule has 0 saturated carbocycles. The van der Waals surface area contributed by atoms with Crippen molar-refractivity contribution in [3.63, 3.8) is 0 Å². The molecule has 2 aromatic carbocycles. The molecule has 3 aromatic rings. The molecule has 0 radical (unpaired) electrons. The third-order valence-corrected chi connectivity index (χ3v) is 3.44. The first-order chi connectivity index (χ1) is 9.65. The summed E-state index contributed by atoms with van der Waals surface area (Å²) >= 11 is 6.06. The number of halogens is 1. The summed E-state index contributed by atoms with van der Waals surface area (Å²) in [6.07, 6.45) is 0. The topological polar surface area (TPSA) is 35.0 Å². The van der Waals surface area contributed by atoms with Crippen LogP contribution in [0.5, 0.6) is 11.6 Å². The predicted octanol–water partition coefficient (Wildman–Crippen LogP) is 4.69. The van der Waals surface area contributed by atoms with E-state index in [0.717, 1.165) is 27.6 Å². The van der Waals surface area contributed by atoms with Crippen molar-refractivity contribution < 1.29 is 4.74 Å². The zero-order valence-electron chi connectivity index (χ0n) is 11.2. The van der Waals surface area contributed by atoms with E-state index >= 15 is 0 Å². The van der Waals surface area contributed by atoms with Gasteiger partial charge in [-0.2, -0.15) is 0 Å². The summed E-state index contributed by atoms with van der Waals surface area (Å²) in [6.45, 7) is 4.03. The van der Waals surface area contributed by atoms with Crippen LogP contribution in [-0.2, 0) is 0 Å². The van der Waals surface area contributed by atoms with Gasteiger partial charge >= 0.3 is 0 Å². The molecule has 100 valence electrons. The molecule has 0 unspecified atom stereocenters. The van der Waals surface area contributed by atoms with Crippen molar-refractivity contribution in [2.75, 3.05) is 0 Å². The Morgan fingerprint density at radius 1 is 0.950 bits per heavy atom. The number of benzene rings is 2.